The number of carbonyl (C=O) groups excluding carboxylic acids is 5. The molecule has 2 saturated heterocycles. The van der Waals surface area contributed by atoms with Gasteiger partial charge in [0.1, 0.15) is 31.0 Å². The number of methoxy groups -OCH3 is 1. The predicted octanol–water partition coefficient (Wildman–Crippen LogP) is 5.54. The van der Waals surface area contributed by atoms with E-state index in [0.717, 1.165) is 12.5 Å². The Kier molecular flexibility index (Phi) is 16.3. The first kappa shape index (κ1) is 45.9. The zero-order valence-corrected chi connectivity index (χ0v) is 34.4. The molecule has 18 heteroatoms. The minimum absolute atomic E-state index is 0.0377. The number of benzene rings is 4. The molecule has 0 aromatic heterocycles. The standard InChI is InChI=1S/C45H45N3O15/c1-27(49)55-25-33-36(58-28(2)50)38(56-24-29-16-8-4-9-17-29)35(47-48-46)44(59-33)57-26-34-37(61-41(51)30-18-10-5-11-19-30)39(62-42(52)31-20-12-6-13-21-31)40(45(54-3)60-34)63-43(53)32-22-14-7-15-23-32/h4-23,33-40,44-45H,24-26H2,1-3H3/t33-,34-,35-,36+,37-,38-,39+,40-,44+,45+/m1/s1. The average Bonchev–Trinajstić information content (AvgIpc) is 3.30. The molecular formula is C45H45N3O15. The fraction of sp³-hybridized carbons (Fsp3) is 0.356. The van der Waals surface area contributed by atoms with Crippen LogP contribution in [0.5, 0.6) is 0 Å². The summed E-state index contributed by atoms with van der Waals surface area (Å²) in [5.41, 5.74) is 10.9. The molecule has 330 valence electrons. The lowest BCUT2D eigenvalue weighted by Crippen LogP contribution is -2.64. The molecule has 4 aromatic carbocycles. The van der Waals surface area contributed by atoms with Crippen LogP contribution in [-0.4, -0.2) is 112 Å². The molecule has 63 heavy (non-hydrogen) atoms. The molecule has 0 bridgehead atoms. The van der Waals surface area contributed by atoms with Crippen molar-refractivity contribution < 1.29 is 71.3 Å². The van der Waals surface area contributed by atoms with Gasteiger partial charge in [0, 0.05) is 25.9 Å². The third-order valence-electron chi connectivity index (χ3n) is 9.84. The van der Waals surface area contributed by atoms with Gasteiger partial charge in [-0.3, -0.25) is 9.59 Å². The van der Waals surface area contributed by atoms with E-state index in [9.17, 15) is 29.5 Å². The number of esters is 5. The lowest BCUT2D eigenvalue weighted by atomic mass is 9.96. The second-order valence-electron chi connectivity index (χ2n) is 14.2. The van der Waals surface area contributed by atoms with E-state index in [-0.39, 0.29) is 23.3 Å². The van der Waals surface area contributed by atoms with Crippen molar-refractivity contribution in [3.05, 3.63) is 154 Å². The fourth-order valence-electron chi connectivity index (χ4n) is 6.93. The number of hydrogen-bond donors (Lipinski definition) is 0. The lowest BCUT2D eigenvalue weighted by Gasteiger charge is -2.46. The Balaban J connectivity index is 1.37. The van der Waals surface area contributed by atoms with E-state index in [4.69, 9.17) is 47.4 Å². The molecule has 6 rings (SSSR count). The second kappa shape index (κ2) is 22.4. The van der Waals surface area contributed by atoms with Crippen molar-refractivity contribution in [2.45, 2.75) is 81.8 Å². The van der Waals surface area contributed by atoms with Crippen LogP contribution >= 0.6 is 0 Å². The Labute approximate surface area is 361 Å². The number of carbonyl (C=O) groups is 5. The quantitative estimate of drug-likeness (QED) is 0.0418. The van der Waals surface area contributed by atoms with Crippen LogP contribution in [-0.2, 0) is 63.6 Å². The molecule has 2 heterocycles. The topological polar surface area (TPSA) is 226 Å². The highest BCUT2D eigenvalue weighted by molar-refractivity contribution is 5.91. The summed E-state index contributed by atoms with van der Waals surface area (Å²) in [4.78, 5) is 68.7. The van der Waals surface area contributed by atoms with E-state index < -0.39 is 104 Å². The van der Waals surface area contributed by atoms with Crippen molar-refractivity contribution >= 4 is 29.8 Å². The third-order valence-corrected chi connectivity index (χ3v) is 9.84. The van der Waals surface area contributed by atoms with E-state index in [0.29, 0.717) is 0 Å². The summed E-state index contributed by atoms with van der Waals surface area (Å²) in [7, 11) is 1.27. The molecule has 0 N–H and O–H groups in total. The Morgan fingerprint density at radius 1 is 0.556 bits per heavy atom. The van der Waals surface area contributed by atoms with Gasteiger partial charge in [-0.1, -0.05) is 90.0 Å². The van der Waals surface area contributed by atoms with Crippen LogP contribution < -0.4 is 0 Å². The molecular weight excluding hydrogens is 823 g/mol. The summed E-state index contributed by atoms with van der Waals surface area (Å²) >= 11 is 0. The number of hydrogen-bond acceptors (Lipinski definition) is 16. The van der Waals surface area contributed by atoms with Gasteiger partial charge in [0.25, 0.3) is 0 Å². The first-order chi connectivity index (χ1) is 30.6. The normalized spacial score (nSPS) is 25.3. The Hall–Kier alpha value is -6.66. The van der Waals surface area contributed by atoms with Crippen molar-refractivity contribution in [3.63, 3.8) is 0 Å². The fourth-order valence-corrected chi connectivity index (χ4v) is 6.93. The molecule has 0 aliphatic carbocycles. The highest BCUT2D eigenvalue weighted by Gasteiger charge is 2.55. The number of azide groups is 1. The highest BCUT2D eigenvalue weighted by Crippen LogP contribution is 2.34. The van der Waals surface area contributed by atoms with Crippen LogP contribution in [0.25, 0.3) is 10.4 Å². The van der Waals surface area contributed by atoms with E-state index in [1.807, 2.05) is 6.07 Å². The maximum Gasteiger partial charge on any atom is 0.338 e. The number of nitrogens with zero attached hydrogens (tertiary/aromatic N) is 3. The third kappa shape index (κ3) is 12.3. The van der Waals surface area contributed by atoms with Gasteiger partial charge in [0.05, 0.1) is 29.9 Å². The van der Waals surface area contributed by atoms with Crippen LogP contribution in [0.15, 0.2) is 126 Å². The second-order valence-corrected chi connectivity index (χ2v) is 14.2. The van der Waals surface area contributed by atoms with Crippen molar-refractivity contribution in [1.82, 2.24) is 0 Å². The molecule has 18 nitrogen and oxygen atoms in total. The molecule has 2 fully saturated rings. The Morgan fingerprint density at radius 2 is 1.02 bits per heavy atom. The summed E-state index contributed by atoms with van der Waals surface area (Å²) in [5, 5.41) is 3.94. The van der Waals surface area contributed by atoms with Crippen LogP contribution in [0.2, 0.25) is 0 Å². The molecule has 0 amide bonds. The molecule has 2 aliphatic heterocycles. The summed E-state index contributed by atoms with van der Waals surface area (Å²) in [5.74, 6) is -3.95. The van der Waals surface area contributed by atoms with Gasteiger partial charge in [-0.15, -0.1) is 0 Å². The Bertz CT molecular complexity index is 2190. The summed E-state index contributed by atoms with van der Waals surface area (Å²) in [6, 6.07) is 31.5. The van der Waals surface area contributed by atoms with E-state index in [1.165, 1.54) is 50.4 Å². The largest absolute Gasteiger partial charge is 0.463 e. The van der Waals surface area contributed by atoms with E-state index in [2.05, 4.69) is 10.0 Å². The maximum atomic E-state index is 13.9. The molecule has 0 spiro atoms. The van der Waals surface area contributed by atoms with Gasteiger partial charge in [0.15, 0.2) is 37.0 Å². The zero-order valence-electron chi connectivity index (χ0n) is 34.4. The molecule has 0 radical (unpaired) electrons. The summed E-state index contributed by atoms with van der Waals surface area (Å²) < 4.78 is 59.9. The minimum Gasteiger partial charge on any atom is -0.463 e. The van der Waals surface area contributed by atoms with Gasteiger partial charge < -0.3 is 47.4 Å². The average molecular weight is 868 g/mol. The first-order valence-corrected chi connectivity index (χ1v) is 19.8. The predicted molar refractivity (Wildman–Crippen MR) is 217 cm³/mol. The summed E-state index contributed by atoms with van der Waals surface area (Å²) in [6.07, 6.45) is -12.8. The molecule has 0 saturated carbocycles. The molecule has 2 aliphatic rings. The van der Waals surface area contributed by atoms with E-state index >= 15 is 0 Å². The first-order valence-electron chi connectivity index (χ1n) is 19.8. The van der Waals surface area contributed by atoms with Gasteiger partial charge in [-0.05, 0) is 47.5 Å². The Morgan fingerprint density at radius 3 is 1.51 bits per heavy atom. The number of rotatable bonds is 17. The van der Waals surface area contributed by atoms with Crippen molar-refractivity contribution in [3.8, 4) is 0 Å². The summed E-state index contributed by atoms with van der Waals surface area (Å²) in [6.45, 7) is 1.31. The van der Waals surface area contributed by atoms with Gasteiger partial charge in [0.2, 0.25) is 0 Å². The van der Waals surface area contributed by atoms with Crippen LogP contribution in [0.1, 0.15) is 50.5 Å². The van der Waals surface area contributed by atoms with Crippen LogP contribution in [0, 0.1) is 0 Å². The van der Waals surface area contributed by atoms with Crippen molar-refractivity contribution in [1.29, 1.82) is 0 Å². The number of ether oxygens (including phenoxy) is 10. The maximum absolute atomic E-state index is 13.9. The molecule has 0 unspecified atom stereocenters. The molecule has 4 aromatic rings. The smallest absolute Gasteiger partial charge is 0.338 e. The van der Waals surface area contributed by atoms with E-state index in [1.54, 1.807) is 78.9 Å². The zero-order chi connectivity index (χ0) is 44.7. The monoisotopic (exact) mass is 867 g/mol. The van der Waals surface area contributed by atoms with Gasteiger partial charge >= 0.3 is 29.8 Å². The molecule has 10 atom stereocenters. The highest BCUT2D eigenvalue weighted by atomic mass is 16.7. The van der Waals surface area contributed by atoms with Crippen LogP contribution in [0.4, 0.5) is 0 Å². The van der Waals surface area contributed by atoms with Crippen LogP contribution in [0.3, 0.4) is 0 Å². The van der Waals surface area contributed by atoms with Gasteiger partial charge in [-0.2, -0.15) is 0 Å². The SMILES string of the molecule is CO[C@H]1O[C@H](CO[C@H]2O[C@H](COC(C)=O)[C@H](OC(C)=O)[C@H](OCc3ccccc3)[C@H]2N=[N+]=[N-])[C@@H](OC(=O)c2ccccc2)[C@H](OC(=O)c2ccccc2)[C@H]1OC(=O)c1ccccc1. The van der Waals surface area contributed by atoms with Gasteiger partial charge in [-0.25, -0.2) is 14.4 Å². The van der Waals surface area contributed by atoms with Crippen molar-refractivity contribution in [2.24, 2.45) is 5.11 Å². The van der Waals surface area contributed by atoms with Crippen molar-refractivity contribution in [2.75, 3.05) is 20.3 Å². The lowest BCUT2D eigenvalue weighted by molar-refractivity contribution is -0.315. The minimum atomic E-state index is -1.60.